The van der Waals surface area contributed by atoms with Crippen molar-refractivity contribution in [2.45, 2.75) is 12.5 Å². The first-order valence-corrected chi connectivity index (χ1v) is 9.25. The lowest BCUT2D eigenvalue weighted by Gasteiger charge is -2.08. The number of aromatic nitrogens is 2. The second-order valence-electron chi connectivity index (χ2n) is 4.30. The van der Waals surface area contributed by atoms with Gasteiger partial charge in [0.1, 0.15) is 5.01 Å². The third-order valence-corrected chi connectivity index (χ3v) is 4.72. The number of benzene rings is 1. The summed E-state index contributed by atoms with van der Waals surface area (Å²) in [6.07, 6.45) is 2.63. The number of nitrogens with zero attached hydrogens (tertiary/aromatic N) is 2. The molecule has 0 aliphatic rings. The van der Waals surface area contributed by atoms with Crippen LogP contribution in [0.5, 0.6) is 0 Å². The molecule has 0 fully saturated rings. The van der Waals surface area contributed by atoms with E-state index >= 15 is 0 Å². The second-order valence-corrected chi connectivity index (χ2v) is 7.18. The maximum Gasteiger partial charge on any atom is 0.243 e. The van der Waals surface area contributed by atoms with Gasteiger partial charge in [-0.1, -0.05) is 39.4 Å². The largest absolute Gasteiger partial charge is 0.320 e. The molecule has 0 bridgehead atoms. The SMILES string of the molecule is CSCC[C@H](N)C(=O)Nc1nnc(-c2cccc(Br)c2)s1. The van der Waals surface area contributed by atoms with Crippen LogP contribution in [-0.2, 0) is 4.79 Å². The first kappa shape index (κ1) is 16.4. The summed E-state index contributed by atoms with van der Waals surface area (Å²) >= 11 is 6.41. The lowest BCUT2D eigenvalue weighted by molar-refractivity contribution is -0.117. The van der Waals surface area contributed by atoms with Gasteiger partial charge in [-0.05, 0) is 30.6 Å². The molecule has 2 aromatic rings. The van der Waals surface area contributed by atoms with Gasteiger partial charge in [-0.3, -0.25) is 10.1 Å². The topological polar surface area (TPSA) is 80.9 Å². The van der Waals surface area contributed by atoms with Crippen LogP contribution in [0.1, 0.15) is 6.42 Å². The van der Waals surface area contributed by atoms with Crippen molar-refractivity contribution in [1.82, 2.24) is 10.2 Å². The molecule has 5 nitrogen and oxygen atoms in total. The minimum Gasteiger partial charge on any atom is -0.320 e. The number of nitrogens with one attached hydrogen (secondary N) is 1. The van der Waals surface area contributed by atoms with Gasteiger partial charge in [0.05, 0.1) is 6.04 Å². The number of halogens is 1. The van der Waals surface area contributed by atoms with Crippen LogP contribution in [-0.4, -0.2) is 34.2 Å². The van der Waals surface area contributed by atoms with Crippen LogP contribution in [0.15, 0.2) is 28.7 Å². The Morgan fingerprint density at radius 2 is 2.33 bits per heavy atom. The number of amides is 1. The maximum absolute atomic E-state index is 11.9. The van der Waals surface area contributed by atoms with Crippen LogP contribution in [0, 0.1) is 0 Å². The van der Waals surface area contributed by atoms with Gasteiger partial charge in [0.15, 0.2) is 0 Å². The molecule has 1 aromatic carbocycles. The molecule has 1 amide bonds. The van der Waals surface area contributed by atoms with Crippen LogP contribution < -0.4 is 11.1 Å². The molecular weight excluding hydrogens is 372 g/mol. The minimum absolute atomic E-state index is 0.221. The fourth-order valence-corrected chi connectivity index (χ4v) is 3.22. The third kappa shape index (κ3) is 4.77. The van der Waals surface area contributed by atoms with E-state index in [9.17, 15) is 4.79 Å². The summed E-state index contributed by atoms with van der Waals surface area (Å²) in [5, 5.41) is 12.0. The van der Waals surface area contributed by atoms with E-state index < -0.39 is 6.04 Å². The van der Waals surface area contributed by atoms with Crippen LogP contribution in [0.25, 0.3) is 10.6 Å². The summed E-state index contributed by atoms with van der Waals surface area (Å²) in [5.74, 6) is 0.634. The van der Waals surface area contributed by atoms with Gasteiger partial charge >= 0.3 is 0 Å². The molecule has 0 saturated carbocycles. The zero-order valence-electron chi connectivity index (χ0n) is 11.4. The fraction of sp³-hybridized carbons (Fsp3) is 0.308. The number of carbonyl (C=O) groups excluding carboxylic acids is 1. The zero-order valence-corrected chi connectivity index (χ0v) is 14.6. The standard InChI is InChI=1S/C13H15BrN4OS2/c1-20-6-5-10(15)11(19)16-13-18-17-12(21-13)8-3-2-4-9(14)7-8/h2-4,7,10H,5-6,15H2,1H3,(H,16,18,19)/t10-/m0/s1. The molecule has 1 heterocycles. The number of thioether (sulfide) groups is 1. The van der Waals surface area contributed by atoms with E-state index in [1.807, 2.05) is 30.5 Å². The average molecular weight is 387 g/mol. The summed E-state index contributed by atoms with van der Waals surface area (Å²) in [6, 6.07) is 7.25. The molecular formula is C13H15BrN4OS2. The molecule has 21 heavy (non-hydrogen) atoms. The lowest BCUT2D eigenvalue weighted by atomic mass is 10.2. The summed E-state index contributed by atoms with van der Waals surface area (Å²) in [6.45, 7) is 0. The highest BCUT2D eigenvalue weighted by molar-refractivity contribution is 9.10. The predicted octanol–water partition coefficient (Wildman–Crippen LogP) is 2.99. The van der Waals surface area contributed by atoms with E-state index in [1.54, 1.807) is 11.8 Å². The highest BCUT2D eigenvalue weighted by atomic mass is 79.9. The smallest absolute Gasteiger partial charge is 0.243 e. The van der Waals surface area contributed by atoms with Crippen LogP contribution in [0.2, 0.25) is 0 Å². The zero-order chi connectivity index (χ0) is 15.2. The Bertz CT molecular complexity index is 620. The molecule has 1 atom stereocenters. The van der Waals surface area contributed by atoms with Crippen molar-refractivity contribution in [3.63, 3.8) is 0 Å². The molecule has 0 spiro atoms. The van der Waals surface area contributed by atoms with Gasteiger partial charge < -0.3 is 5.73 Å². The van der Waals surface area contributed by atoms with Gasteiger partial charge in [0.25, 0.3) is 0 Å². The van der Waals surface area contributed by atoms with Gasteiger partial charge in [0, 0.05) is 10.0 Å². The molecule has 1 aromatic heterocycles. The number of nitrogens with two attached hydrogens (primary N) is 1. The predicted molar refractivity (Wildman–Crippen MR) is 92.6 cm³/mol. The van der Waals surface area contributed by atoms with Crippen molar-refractivity contribution in [1.29, 1.82) is 0 Å². The molecule has 0 saturated heterocycles. The molecule has 3 N–H and O–H groups in total. The Morgan fingerprint density at radius 3 is 3.05 bits per heavy atom. The van der Waals surface area contributed by atoms with E-state index in [4.69, 9.17) is 5.73 Å². The second kappa shape index (κ2) is 7.88. The average Bonchev–Trinajstić information content (AvgIpc) is 2.93. The van der Waals surface area contributed by atoms with Crippen molar-refractivity contribution < 1.29 is 4.79 Å². The summed E-state index contributed by atoms with van der Waals surface area (Å²) in [7, 11) is 0. The molecule has 112 valence electrons. The molecule has 0 aliphatic carbocycles. The van der Waals surface area contributed by atoms with E-state index in [2.05, 4.69) is 31.4 Å². The van der Waals surface area contributed by atoms with Crippen LogP contribution in [0.3, 0.4) is 0 Å². The Morgan fingerprint density at radius 1 is 1.52 bits per heavy atom. The van der Waals surface area contributed by atoms with Gasteiger partial charge in [-0.25, -0.2) is 0 Å². The summed E-state index contributed by atoms with van der Waals surface area (Å²) in [5.41, 5.74) is 6.77. The monoisotopic (exact) mass is 386 g/mol. The van der Waals surface area contributed by atoms with E-state index in [-0.39, 0.29) is 5.91 Å². The van der Waals surface area contributed by atoms with Crippen LogP contribution >= 0.6 is 39.0 Å². The van der Waals surface area contributed by atoms with Crippen molar-refractivity contribution in [3.05, 3.63) is 28.7 Å². The first-order chi connectivity index (χ1) is 10.1. The first-order valence-electron chi connectivity index (χ1n) is 6.25. The molecule has 8 heteroatoms. The number of hydrogen-bond donors (Lipinski definition) is 2. The van der Waals surface area contributed by atoms with Crippen molar-refractivity contribution in [2.75, 3.05) is 17.3 Å². The van der Waals surface area contributed by atoms with Gasteiger partial charge in [-0.15, -0.1) is 10.2 Å². The van der Waals surface area contributed by atoms with E-state index in [0.29, 0.717) is 11.6 Å². The van der Waals surface area contributed by atoms with E-state index in [0.717, 1.165) is 20.8 Å². The lowest BCUT2D eigenvalue weighted by Crippen LogP contribution is -2.36. The number of anilines is 1. The number of rotatable bonds is 6. The molecule has 0 radical (unpaired) electrons. The minimum atomic E-state index is -0.518. The normalized spacial score (nSPS) is 12.1. The fourth-order valence-electron chi connectivity index (χ4n) is 1.59. The maximum atomic E-state index is 11.9. The number of carbonyl (C=O) groups is 1. The Kier molecular flexibility index (Phi) is 6.16. The number of hydrogen-bond acceptors (Lipinski definition) is 6. The molecule has 0 aliphatic heterocycles. The quantitative estimate of drug-likeness (QED) is 0.797. The molecule has 2 rings (SSSR count). The highest BCUT2D eigenvalue weighted by Crippen LogP contribution is 2.28. The molecule has 0 unspecified atom stereocenters. The Labute approximate surface area is 139 Å². The van der Waals surface area contributed by atoms with Crippen molar-refractivity contribution >= 4 is 50.1 Å². The summed E-state index contributed by atoms with van der Waals surface area (Å²) in [4.78, 5) is 11.9. The van der Waals surface area contributed by atoms with Gasteiger partial charge in [0.2, 0.25) is 11.0 Å². The van der Waals surface area contributed by atoms with Crippen LogP contribution in [0.4, 0.5) is 5.13 Å². The third-order valence-electron chi connectivity index (χ3n) is 2.70. The Hall–Kier alpha value is -0.960. The van der Waals surface area contributed by atoms with E-state index in [1.165, 1.54) is 11.3 Å². The van der Waals surface area contributed by atoms with Gasteiger partial charge in [-0.2, -0.15) is 11.8 Å². The van der Waals surface area contributed by atoms with Crippen molar-refractivity contribution in [3.8, 4) is 10.6 Å². The van der Waals surface area contributed by atoms with Crippen molar-refractivity contribution in [2.24, 2.45) is 5.73 Å². The summed E-state index contributed by atoms with van der Waals surface area (Å²) < 4.78 is 0.972. The highest BCUT2D eigenvalue weighted by Gasteiger charge is 2.15. The Balaban J connectivity index is 2.02.